The van der Waals surface area contributed by atoms with Gasteiger partial charge in [-0.15, -0.1) is 11.6 Å². The zero-order valence-electron chi connectivity index (χ0n) is 5.76. The lowest BCUT2D eigenvalue weighted by Gasteiger charge is -2.00. The van der Waals surface area contributed by atoms with Gasteiger partial charge in [0.1, 0.15) is 0 Å². The highest BCUT2D eigenvalue weighted by Gasteiger charge is 1.96. The number of hydrogen-bond acceptors (Lipinski definition) is 2. The Bertz CT molecular complexity index is 235. The van der Waals surface area contributed by atoms with E-state index in [2.05, 4.69) is 4.98 Å². The van der Waals surface area contributed by atoms with Crippen molar-refractivity contribution in [2.45, 2.75) is 12.8 Å². The van der Waals surface area contributed by atoms with Crippen molar-refractivity contribution in [3.05, 3.63) is 23.5 Å². The molecule has 1 heterocycles. The van der Waals surface area contributed by atoms with Gasteiger partial charge in [0, 0.05) is 23.1 Å². The van der Waals surface area contributed by atoms with Crippen molar-refractivity contribution in [1.29, 1.82) is 0 Å². The van der Waals surface area contributed by atoms with Crippen LogP contribution in [0, 0.1) is 6.92 Å². The first-order valence-corrected chi connectivity index (χ1v) is 3.54. The lowest BCUT2D eigenvalue weighted by Crippen LogP contribution is -1.94. The van der Waals surface area contributed by atoms with Gasteiger partial charge >= 0.3 is 0 Å². The van der Waals surface area contributed by atoms with E-state index in [-0.39, 0.29) is 0 Å². The fraction of sp³-hybridized carbons (Fsp3) is 0.286. The van der Waals surface area contributed by atoms with Crippen LogP contribution in [0.25, 0.3) is 0 Å². The third-order valence-corrected chi connectivity index (χ3v) is 1.59. The summed E-state index contributed by atoms with van der Waals surface area (Å²) in [5.74, 6) is 0.430. The molecule has 1 rings (SSSR count). The Hall–Kier alpha value is -0.760. The Kier molecular flexibility index (Phi) is 2.12. The summed E-state index contributed by atoms with van der Waals surface area (Å²) in [4.78, 5) is 4.05. The van der Waals surface area contributed by atoms with E-state index in [0.29, 0.717) is 5.88 Å². The predicted octanol–water partition coefficient (Wildman–Crippen LogP) is 1.71. The molecule has 54 valence electrons. The van der Waals surface area contributed by atoms with Crippen molar-refractivity contribution in [1.82, 2.24) is 4.98 Å². The number of halogens is 1. The maximum absolute atomic E-state index is 5.61. The Balaban J connectivity index is 3.07. The molecule has 2 N–H and O–H groups in total. The van der Waals surface area contributed by atoms with E-state index in [9.17, 15) is 0 Å². The van der Waals surface area contributed by atoms with E-state index in [1.807, 2.05) is 13.0 Å². The first-order chi connectivity index (χ1) is 4.74. The van der Waals surface area contributed by atoms with Crippen LogP contribution in [0.1, 0.15) is 11.3 Å². The Labute approximate surface area is 65.0 Å². The van der Waals surface area contributed by atoms with Crippen molar-refractivity contribution < 1.29 is 0 Å². The minimum atomic E-state index is 0.430. The van der Waals surface area contributed by atoms with E-state index < -0.39 is 0 Å². The van der Waals surface area contributed by atoms with Gasteiger partial charge in [-0.3, -0.25) is 4.98 Å². The minimum absolute atomic E-state index is 0.430. The molecule has 0 unspecified atom stereocenters. The van der Waals surface area contributed by atoms with Gasteiger partial charge in [0.25, 0.3) is 0 Å². The number of aryl methyl sites for hydroxylation is 1. The van der Waals surface area contributed by atoms with Crippen molar-refractivity contribution in [3.8, 4) is 0 Å². The number of hydrogen-bond donors (Lipinski definition) is 1. The third-order valence-electron chi connectivity index (χ3n) is 1.30. The molecule has 0 amide bonds. The molecule has 0 aliphatic rings. The van der Waals surface area contributed by atoms with Crippen LogP contribution in [0.3, 0.4) is 0 Å². The second kappa shape index (κ2) is 2.88. The average Bonchev–Trinajstić information content (AvgIpc) is 1.88. The maximum Gasteiger partial charge on any atom is 0.0509 e. The summed E-state index contributed by atoms with van der Waals surface area (Å²) >= 11 is 5.56. The molecule has 0 fully saturated rings. The van der Waals surface area contributed by atoms with Crippen LogP contribution in [-0.4, -0.2) is 4.98 Å². The van der Waals surface area contributed by atoms with E-state index in [1.165, 1.54) is 0 Å². The quantitative estimate of drug-likeness (QED) is 0.629. The Morgan fingerprint density at radius 2 is 2.40 bits per heavy atom. The number of anilines is 1. The summed E-state index contributed by atoms with van der Waals surface area (Å²) < 4.78 is 0. The predicted molar refractivity (Wildman–Crippen MR) is 42.9 cm³/mol. The molecule has 0 aromatic carbocycles. The van der Waals surface area contributed by atoms with Crippen LogP contribution in [0.2, 0.25) is 0 Å². The smallest absolute Gasteiger partial charge is 0.0509 e. The minimum Gasteiger partial charge on any atom is -0.398 e. The molecule has 10 heavy (non-hydrogen) atoms. The molecule has 3 heteroatoms. The SMILES string of the molecule is Cc1cc(N)c(CCl)cn1. The second-order valence-electron chi connectivity index (χ2n) is 2.16. The van der Waals surface area contributed by atoms with Crippen LogP contribution in [-0.2, 0) is 5.88 Å². The largest absolute Gasteiger partial charge is 0.398 e. The maximum atomic E-state index is 5.61. The Morgan fingerprint density at radius 1 is 1.70 bits per heavy atom. The normalized spacial score (nSPS) is 9.80. The highest BCUT2D eigenvalue weighted by Crippen LogP contribution is 2.12. The fourth-order valence-electron chi connectivity index (χ4n) is 0.721. The first kappa shape index (κ1) is 7.35. The molecule has 1 aromatic heterocycles. The van der Waals surface area contributed by atoms with E-state index in [1.54, 1.807) is 6.20 Å². The molecule has 0 bridgehead atoms. The fourth-order valence-corrected chi connectivity index (χ4v) is 0.944. The summed E-state index contributed by atoms with van der Waals surface area (Å²) in [6.07, 6.45) is 1.71. The molecule has 1 aromatic rings. The molecule has 0 radical (unpaired) electrons. The van der Waals surface area contributed by atoms with E-state index in [4.69, 9.17) is 17.3 Å². The zero-order valence-corrected chi connectivity index (χ0v) is 6.52. The molecule has 0 saturated heterocycles. The molecule has 0 spiro atoms. The number of nitrogens with two attached hydrogens (primary N) is 1. The van der Waals surface area contributed by atoms with Crippen LogP contribution in [0.4, 0.5) is 5.69 Å². The summed E-state index contributed by atoms with van der Waals surface area (Å²) in [7, 11) is 0. The summed E-state index contributed by atoms with van der Waals surface area (Å²) in [6.45, 7) is 1.90. The molecule has 0 saturated carbocycles. The lowest BCUT2D eigenvalue weighted by atomic mass is 10.2. The van der Waals surface area contributed by atoms with Gasteiger partial charge in [0.2, 0.25) is 0 Å². The van der Waals surface area contributed by atoms with Gasteiger partial charge in [-0.1, -0.05) is 0 Å². The summed E-state index contributed by atoms with van der Waals surface area (Å²) in [6, 6.07) is 1.82. The van der Waals surface area contributed by atoms with Crippen LogP contribution in [0.15, 0.2) is 12.3 Å². The number of pyridine rings is 1. The van der Waals surface area contributed by atoms with Gasteiger partial charge in [0.15, 0.2) is 0 Å². The number of rotatable bonds is 1. The van der Waals surface area contributed by atoms with Gasteiger partial charge in [-0.25, -0.2) is 0 Å². The second-order valence-corrected chi connectivity index (χ2v) is 2.43. The summed E-state index contributed by atoms with van der Waals surface area (Å²) in [5.41, 5.74) is 8.15. The first-order valence-electron chi connectivity index (χ1n) is 3.01. The molecular formula is C7H9ClN2. The Morgan fingerprint density at radius 3 is 2.90 bits per heavy atom. The standard InChI is InChI=1S/C7H9ClN2/c1-5-2-7(9)6(3-8)4-10-5/h2,4H,3H2,1H3,(H2,9,10). The van der Waals surface area contributed by atoms with Gasteiger partial charge in [-0.2, -0.15) is 0 Å². The van der Waals surface area contributed by atoms with Crippen molar-refractivity contribution >= 4 is 17.3 Å². The van der Waals surface area contributed by atoms with Crippen molar-refractivity contribution in [2.24, 2.45) is 0 Å². The van der Waals surface area contributed by atoms with Crippen LogP contribution < -0.4 is 5.73 Å². The summed E-state index contributed by atoms with van der Waals surface area (Å²) in [5, 5.41) is 0. The number of nitrogen functional groups attached to an aromatic ring is 1. The topological polar surface area (TPSA) is 38.9 Å². The highest BCUT2D eigenvalue weighted by atomic mass is 35.5. The third kappa shape index (κ3) is 1.39. The lowest BCUT2D eigenvalue weighted by molar-refractivity contribution is 1.16. The highest BCUT2D eigenvalue weighted by molar-refractivity contribution is 6.17. The number of nitrogens with zero attached hydrogens (tertiary/aromatic N) is 1. The number of aromatic nitrogens is 1. The van der Waals surface area contributed by atoms with E-state index in [0.717, 1.165) is 16.9 Å². The molecule has 0 aliphatic heterocycles. The van der Waals surface area contributed by atoms with Crippen LogP contribution in [0.5, 0.6) is 0 Å². The average molecular weight is 157 g/mol. The van der Waals surface area contributed by atoms with Gasteiger partial charge in [-0.05, 0) is 13.0 Å². The molecule has 2 nitrogen and oxygen atoms in total. The van der Waals surface area contributed by atoms with Crippen molar-refractivity contribution in [2.75, 3.05) is 5.73 Å². The number of alkyl halides is 1. The monoisotopic (exact) mass is 156 g/mol. The zero-order chi connectivity index (χ0) is 7.56. The van der Waals surface area contributed by atoms with Crippen molar-refractivity contribution in [3.63, 3.8) is 0 Å². The van der Waals surface area contributed by atoms with E-state index >= 15 is 0 Å². The van der Waals surface area contributed by atoms with Gasteiger partial charge in [0.05, 0.1) is 5.88 Å². The van der Waals surface area contributed by atoms with Gasteiger partial charge < -0.3 is 5.73 Å². The molecular weight excluding hydrogens is 148 g/mol. The molecule has 0 aliphatic carbocycles. The van der Waals surface area contributed by atoms with Crippen LogP contribution >= 0.6 is 11.6 Å². The molecule has 0 atom stereocenters.